The van der Waals surface area contributed by atoms with E-state index in [0.717, 1.165) is 19.4 Å². The summed E-state index contributed by atoms with van der Waals surface area (Å²) in [5.74, 6) is 0.532. The molecule has 2 bridgehead atoms. The lowest BCUT2D eigenvalue weighted by molar-refractivity contribution is 0.0897. The molecule has 22 heavy (non-hydrogen) atoms. The molecule has 1 aromatic heterocycles. The summed E-state index contributed by atoms with van der Waals surface area (Å²) in [5, 5.41) is 6.45. The van der Waals surface area contributed by atoms with Crippen LogP contribution in [0.3, 0.4) is 0 Å². The van der Waals surface area contributed by atoms with Gasteiger partial charge in [-0.3, -0.25) is 4.79 Å². The molecule has 4 nitrogen and oxygen atoms in total. The lowest BCUT2D eigenvalue weighted by Crippen LogP contribution is -2.44. The zero-order valence-corrected chi connectivity index (χ0v) is 12.0. The number of rotatable bonds is 3. The number of hydrogen-bond acceptors (Lipinski definition) is 3. The van der Waals surface area contributed by atoms with Crippen molar-refractivity contribution in [3.63, 3.8) is 0 Å². The highest BCUT2D eigenvalue weighted by Crippen LogP contribution is 2.31. The summed E-state index contributed by atoms with van der Waals surface area (Å²) in [6.07, 6.45) is 2.10. The number of carbonyl (C=O) groups is 1. The quantitative estimate of drug-likeness (QED) is 0.916. The first-order valence-electron chi connectivity index (χ1n) is 7.59. The molecule has 3 atom stereocenters. The molecule has 2 fully saturated rings. The van der Waals surface area contributed by atoms with Crippen molar-refractivity contribution in [1.82, 2.24) is 10.6 Å². The Labute approximate surface area is 127 Å². The number of fused-ring (bicyclic) bond motifs is 2. The van der Waals surface area contributed by atoms with E-state index in [2.05, 4.69) is 10.6 Å². The van der Waals surface area contributed by atoms with Crippen LogP contribution in [-0.4, -0.2) is 24.5 Å². The average molecular weight is 300 g/mol. The van der Waals surface area contributed by atoms with Crippen molar-refractivity contribution in [2.45, 2.75) is 24.9 Å². The summed E-state index contributed by atoms with van der Waals surface area (Å²) in [7, 11) is 0. The van der Waals surface area contributed by atoms with Gasteiger partial charge in [-0.05, 0) is 43.0 Å². The highest BCUT2D eigenvalue weighted by Gasteiger charge is 2.40. The van der Waals surface area contributed by atoms with Gasteiger partial charge in [-0.25, -0.2) is 4.39 Å². The maximum atomic E-state index is 13.7. The maximum Gasteiger partial charge on any atom is 0.287 e. The van der Waals surface area contributed by atoms with Crippen LogP contribution in [0.5, 0.6) is 0 Å². The van der Waals surface area contributed by atoms with Crippen LogP contribution < -0.4 is 10.6 Å². The van der Waals surface area contributed by atoms with Gasteiger partial charge in [-0.15, -0.1) is 0 Å². The first kappa shape index (κ1) is 13.5. The van der Waals surface area contributed by atoms with Crippen molar-refractivity contribution in [3.05, 3.63) is 48.0 Å². The fraction of sp³-hybridized carbons (Fsp3) is 0.353. The van der Waals surface area contributed by atoms with Gasteiger partial charge in [-0.2, -0.15) is 0 Å². The molecule has 1 aliphatic heterocycles. The third kappa shape index (κ3) is 2.31. The third-order valence-corrected chi connectivity index (χ3v) is 4.65. The van der Waals surface area contributed by atoms with Crippen LogP contribution in [-0.2, 0) is 0 Å². The second-order valence-electron chi connectivity index (χ2n) is 6.06. The van der Waals surface area contributed by atoms with Gasteiger partial charge in [0.2, 0.25) is 0 Å². The summed E-state index contributed by atoms with van der Waals surface area (Å²) >= 11 is 0. The average Bonchev–Trinajstić information content (AvgIpc) is 3.24. The van der Waals surface area contributed by atoms with Crippen molar-refractivity contribution in [3.8, 4) is 11.3 Å². The molecule has 1 saturated heterocycles. The molecule has 2 aromatic rings. The van der Waals surface area contributed by atoms with Crippen LogP contribution in [0.2, 0.25) is 0 Å². The largest absolute Gasteiger partial charge is 0.451 e. The van der Waals surface area contributed by atoms with Crippen LogP contribution in [0.1, 0.15) is 23.4 Å². The minimum absolute atomic E-state index is 0.209. The van der Waals surface area contributed by atoms with E-state index in [1.165, 1.54) is 6.07 Å². The zero-order valence-electron chi connectivity index (χ0n) is 12.0. The van der Waals surface area contributed by atoms with E-state index >= 15 is 0 Å². The van der Waals surface area contributed by atoms with Gasteiger partial charge >= 0.3 is 0 Å². The minimum Gasteiger partial charge on any atom is -0.451 e. The van der Waals surface area contributed by atoms with Crippen LogP contribution in [0.25, 0.3) is 11.3 Å². The SMILES string of the molecule is O=C(NC1CC2CC1CN2)c1ccc(-c2ccccc2F)o1. The van der Waals surface area contributed by atoms with Crippen LogP contribution in [0, 0.1) is 11.7 Å². The molecule has 3 unspecified atom stereocenters. The van der Waals surface area contributed by atoms with Crippen molar-refractivity contribution < 1.29 is 13.6 Å². The molecular weight excluding hydrogens is 283 g/mol. The summed E-state index contributed by atoms with van der Waals surface area (Å²) in [4.78, 5) is 12.3. The number of nitrogens with one attached hydrogen (secondary N) is 2. The number of carbonyl (C=O) groups excluding carboxylic acids is 1. The molecule has 1 amide bonds. The molecular formula is C17H17FN2O2. The topological polar surface area (TPSA) is 54.3 Å². The van der Waals surface area contributed by atoms with E-state index in [4.69, 9.17) is 4.42 Å². The van der Waals surface area contributed by atoms with E-state index in [9.17, 15) is 9.18 Å². The number of furan rings is 1. The van der Waals surface area contributed by atoms with Crippen molar-refractivity contribution in [1.29, 1.82) is 0 Å². The normalized spacial score (nSPS) is 26.3. The Morgan fingerprint density at radius 2 is 2.09 bits per heavy atom. The second kappa shape index (κ2) is 5.25. The number of benzene rings is 1. The Hall–Kier alpha value is -2.14. The highest BCUT2D eigenvalue weighted by atomic mass is 19.1. The van der Waals surface area contributed by atoms with Crippen LogP contribution in [0.15, 0.2) is 40.8 Å². The van der Waals surface area contributed by atoms with Crippen LogP contribution >= 0.6 is 0 Å². The highest BCUT2D eigenvalue weighted by molar-refractivity contribution is 5.92. The maximum absolute atomic E-state index is 13.7. The van der Waals surface area contributed by atoms with Gasteiger partial charge < -0.3 is 15.1 Å². The third-order valence-electron chi connectivity index (χ3n) is 4.65. The first-order chi connectivity index (χ1) is 10.7. The predicted molar refractivity (Wildman–Crippen MR) is 79.9 cm³/mol. The summed E-state index contributed by atoms with van der Waals surface area (Å²) in [6, 6.07) is 10.3. The monoisotopic (exact) mass is 300 g/mol. The molecule has 1 aromatic carbocycles. The standard InChI is InChI=1S/C17H17FN2O2/c18-13-4-2-1-3-12(13)15-5-6-16(22-15)17(21)20-14-8-11-7-10(14)9-19-11/h1-6,10-11,14,19H,7-9H2,(H,20,21). The van der Waals surface area contributed by atoms with Gasteiger partial charge in [0.05, 0.1) is 5.56 Å². The molecule has 4 rings (SSSR count). The number of halogens is 1. The molecule has 2 N–H and O–H groups in total. The molecule has 2 heterocycles. The molecule has 5 heteroatoms. The molecule has 2 aliphatic rings. The van der Waals surface area contributed by atoms with E-state index in [-0.39, 0.29) is 23.5 Å². The smallest absolute Gasteiger partial charge is 0.287 e. The van der Waals surface area contributed by atoms with E-state index < -0.39 is 0 Å². The van der Waals surface area contributed by atoms with Gasteiger partial charge in [0.15, 0.2) is 5.76 Å². The Morgan fingerprint density at radius 1 is 1.23 bits per heavy atom. The number of hydrogen-bond donors (Lipinski definition) is 2. The summed E-state index contributed by atoms with van der Waals surface area (Å²) in [5.41, 5.74) is 0.366. The Morgan fingerprint density at radius 3 is 2.82 bits per heavy atom. The Balaban J connectivity index is 1.49. The molecule has 0 spiro atoms. The van der Waals surface area contributed by atoms with Crippen molar-refractivity contribution >= 4 is 5.91 Å². The van der Waals surface area contributed by atoms with Crippen molar-refractivity contribution in [2.24, 2.45) is 5.92 Å². The predicted octanol–water partition coefficient (Wildman–Crippen LogP) is 2.57. The number of amides is 1. The minimum atomic E-state index is -0.358. The van der Waals surface area contributed by atoms with E-state index in [1.807, 2.05) is 0 Å². The van der Waals surface area contributed by atoms with Gasteiger partial charge in [0, 0.05) is 18.6 Å². The lowest BCUT2D eigenvalue weighted by Gasteiger charge is -2.22. The first-order valence-corrected chi connectivity index (χ1v) is 7.59. The fourth-order valence-corrected chi connectivity index (χ4v) is 3.52. The molecule has 114 valence electrons. The van der Waals surface area contributed by atoms with E-state index in [1.54, 1.807) is 30.3 Å². The lowest BCUT2D eigenvalue weighted by atomic mass is 10.0. The summed E-state index contributed by atoms with van der Waals surface area (Å²) in [6.45, 7) is 0.967. The second-order valence-corrected chi connectivity index (χ2v) is 6.06. The van der Waals surface area contributed by atoms with Gasteiger partial charge in [0.1, 0.15) is 11.6 Å². The molecule has 0 radical (unpaired) electrons. The fourth-order valence-electron chi connectivity index (χ4n) is 3.52. The summed E-state index contributed by atoms with van der Waals surface area (Å²) < 4.78 is 19.3. The van der Waals surface area contributed by atoms with E-state index in [0.29, 0.717) is 23.3 Å². The van der Waals surface area contributed by atoms with Gasteiger partial charge in [0.25, 0.3) is 5.91 Å². The van der Waals surface area contributed by atoms with Gasteiger partial charge in [-0.1, -0.05) is 12.1 Å². The number of piperidine rings is 1. The zero-order chi connectivity index (χ0) is 15.1. The van der Waals surface area contributed by atoms with Crippen molar-refractivity contribution in [2.75, 3.05) is 6.54 Å². The Bertz CT molecular complexity index is 712. The van der Waals surface area contributed by atoms with Crippen LogP contribution in [0.4, 0.5) is 4.39 Å². The Kier molecular flexibility index (Phi) is 3.22. The molecule has 1 saturated carbocycles. The molecule has 1 aliphatic carbocycles.